The van der Waals surface area contributed by atoms with E-state index in [1.807, 2.05) is 18.2 Å². The maximum atomic E-state index is 12.2. The van der Waals surface area contributed by atoms with E-state index in [9.17, 15) is 10.1 Å². The standard InChI is InChI=1S/C22H16Cl2N2O3/c23-18-6-3-15(4-7-18)14-29-21-8-5-16(11-20(21)24)10-17(12-25)22(27)26-13-19-2-1-9-28-19/h1-11H,13-14H2,(H,26,27). The molecule has 0 spiro atoms. The van der Waals surface area contributed by atoms with Gasteiger partial charge in [0.05, 0.1) is 17.8 Å². The summed E-state index contributed by atoms with van der Waals surface area (Å²) < 4.78 is 10.9. The molecule has 3 rings (SSSR count). The number of halogens is 2. The molecule has 0 fully saturated rings. The Morgan fingerprint density at radius 2 is 1.97 bits per heavy atom. The predicted octanol–water partition coefficient (Wildman–Crippen LogP) is 5.39. The van der Waals surface area contributed by atoms with Crippen LogP contribution in [0.4, 0.5) is 0 Å². The summed E-state index contributed by atoms with van der Waals surface area (Å²) in [6, 6.07) is 17.7. The number of ether oxygens (including phenoxy) is 1. The molecule has 3 aromatic rings. The van der Waals surface area contributed by atoms with Crippen LogP contribution in [0.5, 0.6) is 5.75 Å². The molecule has 2 aromatic carbocycles. The van der Waals surface area contributed by atoms with Gasteiger partial charge in [-0.15, -0.1) is 0 Å². The number of benzene rings is 2. The number of nitriles is 1. The molecule has 0 aliphatic rings. The first-order valence-corrected chi connectivity index (χ1v) is 9.40. The second kappa shape index (κ2) is 9.83. The highest BCUT2D eigenvalue weighted by Crippen LogP contribution is 2.27. The summed E-state index contributed by atoms with van der Waals surface area (Å²) in [6.07, 6.45) is 2.98. The molecule has 1 N–H and O–H groups in total. The Labute approximate surface area is 178 Å². The number of carbonyl (C=O) groups is 1. The fraction of sp³-hybridized carbons (Fsp3) is 0.0909. The van der Waals surface area contributed by atoms with Crippen LogP contribution >= 0.6 is 23.2 Å². The fourth-order valence-corrected chi connectivity index (χ4v) is 2.83. The minimum Gasteiger partial charge on any atom is -0.487 e. The van der Waals surface area contributed by atoms with Gasteiger partial charge in [-0.3, -0.25) is 4.79 Å². The van der Waals surface area contributed by atoms with Gasteiger partial charge >= 0.3 is 0 Å². The number of carbonyl (C=O) groups excluding carboxylic acids is 1. The van der Waals surface area contributed by atoms with Gasteiger partial charge in [0.1, 0.15) is 29.8 Å². The zero-order valence-corrected chi connectivity index (χ0v) is 16.7. The van der Waals surface area contributed by atoms with Crippen molar-refractivity contribution in [3.05, 3.63) is 93.4 Å². The summed E-state index contributed by atoms with van der Waals surface area (Å²) in [6.45, 7) is 0.536. The highest BCUT2D eigenvalue weighted by Gasteiger charge is 2.10. The molecule has 0 radical (unpaired) electrons. The first-order valence-electron chi connectivity index (χ1n) is 8.64. The maximum absolute atomic E-state index is 12.2. The third kappa shape index (κ3) is 5.89. The van der Waals surface area contributed by atoms with Crippen LogP contribution in [0.1, 0.15) is 16.9 Å². The number of amides is 1. The van der Waals surface area contributed by atoms with Crippen molar-refractivity contribution in [3.63, 3.8) is 0 Å². The van der Waals surface area contributed by atoms with Gasteiger partial charge in [-0.25, -0.2) is 0 Å². The molecule has 1 amide bonds. The molecule has 1 aromatic heterocycles. The van der Waals surface area contributed by atoms with E-state index in [2.05, 4.69) is 5.32 Å². The van der Waals surface area contributed by atoms with Crippen molar-refractivity contribution in [2.24, 2.45) is 0 Å². The highest BCUT2D eigenvalue weighted by atomic mass is 35.5. The van der Waals surface area contributed by atoms with Crippen LogP contribution in [-0.4, -0.2) is 5.91 Å². The topological polar surface area (TPSA) is 75.3 Å². The van der Waals surface area contributed by atoms with Crippen LogP contribution < -0.4 is 10.1 Å². The van der Waals surface area contributed by atoms with Gasteiger partial charge in [-0.2, -0.15) is 5.26 Å². The molecule has 29 heavy (non-hydrogen) atoms. The molecule has 0 aliphatic heterocycles. The molecule has 0 aliphatic carbocycles. The zero-order chi connectivity index (χ0) is 20.6. The Bertz CT molecular complexity index is 1050. The second-order valence-corrected chi connectivity index (χ2v) is 6.88. The molecule has 0 unspecified atom stereocenters. The van der Waals surface area contributed by atoms with E-state index in [1.165, 1.54) is 12.3 Å². The lowest BCUT2D eigenvalue weighted by Crippen LogP contribution is -2.23. The number of rotatable bonds is 7. The van der Waals surface area contributed by atoms with Crippen molar-refractivity contribution in [1.29, 1.82) is 5.26 Å². The van der Waals surface area contributed by atoms with E-state index in [0.717, 1.165) is 5.56 Å². The molecular weight excluding hydrogens is 411 g/mol. The van der Waals surface area contributed by atoms with Gasteiger partial charge in [0.25, 0.3) is 5.91 Å². The van der Waals surface area contributed by atoms with Crippen molar-refractivity contribution < 1.29 is 13.9 Å². The van der Waals surface area contributed by atoms with Crippen molar-refractivity contribution in [1.82, 2.24) is 5.32 Å². The van der Waals surface area contributed by atoms with Crippen LogP contribution in [0.3, 0.4) is 0 Å². The number of hydrogen-bond donors (Lipinski definition) is 1. The lowest BCUT2D eigenvalue weighted by molar-refractivity contribution is -0.117. The van der Waals surface area contributed by atoms with Gasteiger partial charge in [-0.1, -0.05) is 41.4 Å². The van der Waals surface area contributed by atoms with E-state index in [4.69, 9.17) is 32.4 Å². The Balaban J connectivity index is 1.64. The molecule has 1 heterocycles. The minimum atomic E-state index is -0.497. The maximum Gasteiger partial charge on any atom is 0.262 e. The van der Waals surface area contributed by atoms with E-state index >= 15 is 0 Å². The molecular formula is C22H16Cl2N2O3. The van der Waals surface area contributed by atoms with E-state index in [1.54, 1.807) is 42.5 Å². The van der Waals surface area contributed by atoms with Crippen LogP contribution in [0.2, 0.25) is 10.0 Å². The Morgan fingerprint density at radius 3 is 2.62 bits per heavy atom. The zero-order valence-electron chi connectivity index (χ0n) is 15.2. The van der Waals surface area contributed by atoms with Crippen LogP contribution in [0.25, 0.3) is 6.08 Å². The minimum absolute atomic E-state index is 0.0394. The number of nitrogens with one attached hydrogen (secondary N) is 1. The monoisotopic (exact) mass is 426 g/mol. The largest absolute Gasteiger partial charge is 0.487 e. The van der Waals surface area contributed by atoms with Gasteiger partial charge in [0, 0.05) is 5.02 Å². The van der Waals surface area contributed by atoms with Crippen molar-refractivity contribution >= 4 is 35.2 Å². The normalized spacial score (nSPS) is 11.0. The highest BCUT2D eigenvalue weighted by molar-refractivity contribution is 6.32. The smallest absolute Gasteiger partial charge is 0.262 e. The summed E-state index contributed by atoms with van der Waals surface area (Å²) in [5.41, 5.74) is 1.52. The van der Waals surface area contributed by atoms with E-state index in [-0.39, 0.29) is 12.1 Å². The van der Waals surface area contributed by atoms with Crippen LogP contribution in [-0.2, 0) is 17.9 Å². The Kier molecular flexibility index (Phi) is 6.96. The molecule has 0 atom stereocenters. The van der Waals surface area contributed by atoms with Crippen molar-refractivity contribution in [2.45, 2.75) is 13.2 Å². The van der Waals surface area contributed by atoms with Crippen LogP contribution in [0.15, 0.2) is 70.9 Å². The Morgan fingerprint density at radius 1 is 1.17 bits per heavy atom. The lowest BCUT2D eigenvalue weighted by Gasteiger charge is -2.09. The third-order valence-corrected chi connectivity index (χ3v) is 4.49. The molecule has 0 saturated heterocycles. The average Bonchev–Trinajstić information content (AvgIpc) is 3.24. The summed E-state index contributed by atoms with van der Waals surface area (Å²) in [5.74, 6) is 0.600. The number of nitrogens with zero attached hydrogens (tertiary/aromatic N) is 1. The Hall–Kier alpha value is -3.20. The van der Waals surface area contributed by atoms with Gasteiger partial charge in [0.15, 0.2) is 0 Å². The second-order valence-electron chi connectivity index (χ2n) is 6.04. The number of furan rings is 1. The third-order valence-electron chi connectivity index (χ3n) is 3.94. The molecule has 146 valence electrons. The van der Waals surface area contributed by atoms with E-state index in [0.29, 0.717) is 33.7 Å². The fourth-order valence-electron chi connectivity index (χ4n) is 2.46. The molecule has 0 saturated carbocycles. The number of hydrogen-bond acceptors (Lipinski definition) is 4. The van der Waals surface area contributed by atoms with Gasteiger partial charge in [0.2, 0.25) is 0 Å². The summed E-state index contributed by atoms with van der Waals surface area (Å²) in [5, 5.41) is 13.0. The van der Waals surface area contributed by atoms with E-state index < -0.39 is 5.91 Å². The SMILES string of the molecule is N#CC(=Cc1ccc(OCc2ccc(Cl)cc2)c(Cl)c1)C(=O)NCc1ccco1. The van der Waals surface area contributed by atoms with Gasteiger partial charge in [-0.05, 0) is 53.6 Å². The van der Waals surface area contributed by atoms with Crippen molar-refractivity contribution in [3.8, 4) is 11.8 Å². The quantitative estimate of drug-likeness (QED) is 0.405. The molecule has 7 heteroatoms. The predicted molar refractivity (Wildman–Crippen MR) is 111 cm³/mol. The summed E-state index contributed by atoms with van der Waals surface area (Å²) in [4.78, 5) is 12.2. The van der Waals surface area contributed by atoms with Crippen molar-refractivity contribution in [2.75, 3.05) is 0 Å². The van der Waals surface area contributed by atoms with Crippen LogP contribution in [0, 0.1) is 11.3 Å². The van der Waals surface area contributed by atoms with Gasteiger partial charge < -0.3 is 14.5 Å². The molecule has 5 nitrogen and oxygen atoms in total. The lowest BCUT2D eigenvalue weighted by atomic mass is 10.1. The summed E-state index contributed by atoms with van der Waals surface area (Å²) >= 11 is 12.2. The molecule has 0 bridgehead atoms. The first kappa shape index (κ1) is 20.5. The first-order chi connectivity index (χ1) is 14.0. The summed E-state index contributed by atoms with van der Waals surface area (Å²) in [7, 11) is 0. The average molecular weight is 427 g/mol.